The molecule has 1 aromatic rings. The molecule has 4 N–H and O–H groups in total. The summed E-state index contributed by atoms with van der Waals surface area (Å²) < 4.78 is 4.79. The number of hydrogen-bond donors (Lipinski definition) is 3. The monoisotopic (exact) mass is 186 g/mol. The second kappa shape index (κ2) is 4.20. The number of aryl methyl sites for hydroxylation is 1. The highest BCUT2D eigenvalue weighted by molar-refractivity contribution is 5.18. The van der Waals surface area contributed by atoms with Gasteiger partial charge in [0.15, 0.2) is 5.82 Å². The molecule has 6 nitrogen and oxygen atoms in total. The van der Waals surface area contributed by atoms with Crippen molar-refractivity contribution in [2.75, 3.05) is 11.9 Å². The van der Waals surface area contributed by atoms with E-state index in [1.807, 2.05) is 0 Å². The molecule has 1 rings (SSSR count). The van der Waals surface area contributed by atoms with Gasteiger partial charge in [-0.15, -0.1) is 0 Å². The summed E-state index contributed by atoms with van der Waals surface area (Å²) in [5.41, 5.74) is 5.57. The van der Waals surface area contributed by atoms with Gasteiger partial charge in [-0.1, -0.05) is 5.16 Å². The van der Waals surface area contributed by atoms with Crippen molar-refractivity contribution < 1.29 is 9.63 Å². The average molecular weight is 186 g/mol. The molecular weight excluding hydrogens is 172 g/mol. The van der Waals surface area contributed by atoms with E-state index in [1.54, 1.807) is 13.8 Å². The molecule has 0 radical (unpaired) electrons. The lowest BCUT2D eigenvalue weighted by atomic mass is 10.2. The number of aromatic nitrogens is 2. The van der Waals surface area contributed by atoms with Crippen molar-refractivity contribution in [1.82, 2.24) is 10.1 Å². The molecule has 2 unspecified atom stereocenters. The average Bonchev–Trinajstić information content (AvgIpc) is 2.47. The SMILES string of the molecule is Cc1noc(NCC(N)C(C)O)n1. The fourth-order valence-electron chi connectivity index (χ4n) is 0.745. The maximum absolute atomic E-state index is 9.07. The Kier molecular flexibility index (Phi) is 3.21. The number of nitrogens with two attached hydrogens (primary N) is 1. The highest BCUT2D eigenvalue weighted by Crippen LogP contribution is 2.01. The lowest BCUT2D eigenvalue weighted by Crippen LogP contribution is -2.38. The molecule has 2 atom stereocenters. The Bertz CT molecular complexity index is 261. The van der Waals surface area contributed by atoms with Gasteiger partial charge in [0.1, 0.15) is 0 Å². The minimum Gasteiger partial charge on any atom is -0.392 e. The van der Waals surface area contributed by atoms with Gasteiger partial charge in [-0.05, 0) is 13.8 Å². The first-order chi connectivity index (χ1) is 6.09. The van der Waals surface area contributed by atoms with Crippen LogP contribution in [0.25, 0.3) is 0 Å². The summed E-state index contributed by atoms with van der Waals surface area (Å²) in [7, 11) is 0. The van der Waals surface area contributed by atoms with E-state index >= 15 is 0 Å². The summed E-state index contributed by atoms with van der Waals surface area (Å²) in [4.78, 5) is 3.92. The molecule has 6 heteroatoms. The van der Waals surface area contributed by atoms with Gasteiger partial charge < -0.3 is 20.7 Å². The second-order valence-electron chi connectivity index (χ2n) is 2.93. The third-order valence-corrected chi connectivity index (χ3v) is 1.64. The number of nitrogens with zero attached hydrogens (tertiary/aromatic N) is 2. The van der Waals surface area contributed by atoms with Crippen LogP contribution in [0.1, 0.15) is 12.7 Å². The van der Waals surface area contributed by atoms with E-state index in [0.717, 1.165) is 0 Å². The first-order valence-electron chi connectivity index (χ1n) is 4.07. The maximum atomic E-state index is 9.07. The van der Waals surface area contributed by atoms with Gasteiger partial charge in [-0.2, -0.15) is 4.98 Å². The van der Waals surface area contributed by atoms with Crippen LogP contribution in [0.15, 0.2) is 4.52 Å². The molecule has 0 aliphatic carbocycles. The van der Waals surface area contributed by atoms with E-state index in [4.69, 9.17) is 15.4 Å². The zero-order valence-corrected chi connectivity index (χ0v) is 7.69. The molecule has 0 fully saturated rings. The highest BCUT2D eigenvalue weighted by atomic mass is 16.5. The predicted molar refractivity (Wildman–Crippen MR) is 47.2 cm³/mol. The summed E-state index contributed by atoms with van der Waals surface area (Å²) in [5, 5.41) is 15.5. The summed E-state index contributed by atoms with van der Waals surface area (Å²) in [5.74, 6) is 0.563. The number of hydrogen-bond acceptors (Lipinski definition) is 6. The van der Waals surface area contributed by atoms with Crippen LogP contribution in [-0.4, -0.2) is 33.9 Å². The molecule has 0 saturated carbocycles. The van der Waals surface area contributed by atoms with E-state index in [-0.39, 0.29) is 6.04 Å². The molecule has 0 saturated heterocycles. The lowest BCUT2D eigenvalue weighted by molar-refractivity contribution is 0.167. The van der Waals surface area contributed by atoms with Crippen LogP contribution in [0, 0.1) is 6.92 Å². The molecule has 0 aliphatic rings. The van der Waals surface area contributed by atoms with Gasteiger partial charge in [0, 0.05) is 12.6 Å². The fraction of sp³-hybridized carbons (Fsp3) is 0.714. The number of rotatable bonds is 4. The van der Waals surface area contributed by atoms with Crippen molar-refractivity contribution in [3.8, 4) is 0 Å². The van der Waals surface area contributed by atoms with Crippen LogP contribution < -0.4 is 11.1 Å². The van der Waals surface area contributed by atoms with Crippen LogP contribution in [-0.2, 0) is 0 Å². The maximum Gasteiger partial charge on any atom is 0.321 e. The van der Waals surface area contributed by atoms with Crippen molar-refractivity contribution in [1.29, 1.82) is 0 Å². The number of aliphatic hydroxyl groups excluding tert-OH is 1. The molecule has 0 aliphatic heterocycles. The van der Waals surface area contributed by atoms with Crippen molar-refractivity contribution in [3.63, 3.8) is 0 Å². The number of nitrogens with one attached hydrogen (secondary N) is 1. The topological polar surface area (TPSA) is 97.2 Å². The van der Waals surface area contributed by atoms with Crippen LogP contribution in [0.2, 0.25) is 0 Å². The minimum atomic E-state index is -0.559. The molecule has 0 aromatic carbocycles. The third kappa shape index (κ3) is 3.00. The normalized spacial score (nSPS) is 15.4. The molecular formula is C7H14N4O2. The Hall–Kier alpha value is -1.14. The second-order valence-corrected chi connectivity index (χ2v) is 2.93. The van der Waals surface area contributed by atoms with Gasteiger partial charge >= 0.3 is 6.01 Å². The first kappa shape index (κ1) is 9.94. The Morgan fingerprint density at radius 3 is 2.85 bits per heavy atom. The van der Waals surface area contributed by atoms with Crippen LogP contribution in [0.3, 0.4) is 0 Å². The number of aliphatic hydroxyl groups is 1. The highest BCUT2D eigenvalue weighted by Gasteiger charge is 2.10. The van der Waals surface area contributed by atoms with Crippen LogP contribution >= 0.6 is 0 Å². The Morgan fingerprint density at radius 2 is 2.38 bits per heavy atom. The summed E-state index contributed by atoms with van der Waals surface area (Å²) in [6.45, 7) is 3.76. The predicted octanol–water partition coefficient (Wildman–Crippen LogP) is -0.502. The summed E-state index contributed by atoms with van der Waals surface area (Å²) >= 11 is 0. The largest absolute Gasteiger partial charge is 0.392 e. The van der Waals surface area contributed by atoms with E-state index in [0.29, 0.717) is 18.4 Å². The smallest absolute Gasteiger partial charge is 0.321 e. The quantitative estimate of drug-likeness (QED) is 0.586. The van der Waals surface area contributed by atoms with E-state index in [2.05, 4.69) is 15.5 Å². The van der Waals surface area contributed by atoms with Crippen molar-refractivity contribution in [3.05, 3.63) is 5.82 Å². The van der Waals surface area contributed by atoms with Crippen LogP contribution in [0.4, 0.5) is 6.01 Å². The molecule has 1 heterocycles. The van der Waals surface area contributed by atoms with Gasteiger partial charge in [-0.3, -0.25) is 0 Å². The zero-order chi connectivity index (χ0) is 9.84. The zero-order valence-electron chi connectivity index (χ0n) is 7.69. The van der Waals surface area contributed by atoms with Gasteiger partial charge in [-0.25, -0.2) is 0 Å². The van der Waals surface area contributed by atoms with E-state index < -0.39 is 6.10 Å². The van der Waals surface area contributed by atoms with Crippen LogP contribution in [0.5, 0.6) is 0 Å². The molecule has 0 spiro atoms. The summed E-state index contributed by atoms with van der Waals surface area (Å²) in [6, 6.07) is -0.0131. The lowest BCUT2D eigenvalue weighted by Gasteiger charge is -2.13. The van der Waals surface area contributed by atoms with E-state index in [9.17, 15) is 0 Å². The Balaban J connectivity index is 2.35. The van der Waals surface area contributed by atoms with Crippen molar-refractivity contribution in [2.24, 2.45) is 5.73 Å². The molecule has 13 heavy (non-hydrogen) atoms. The molecule has 0 bridgehead atoms. The minimum absolute atomic E-state index is 0.327. The summed E-state index contributed by atoms with van der Waals surface area (Å²) in [6.07, 6.45) is -0.559. The Labute approximate surface area is 76.1 Å². The van der Waals surface area contributed by atoms with Gasteiger partial charge in [0.2, 0.25) is 0 Å². The van der Waals surface area contributed by atoms with Gasteiger partial charge in [0.25, 0.3) is 0 Å². The molecule has 0 amide bonds. The molecule has 1 aromatic heterocycles. The standard InChI is InChI=1S/C7H14N4O2/c1-4(12)6(8)3-9-7-10-5(2)11-13-7/h4,6,12H,3,8H2,1-2H3,(H,9,10,11). The van der Waals surface area contributed by atoms with Crippen molar-refractivity contribution >= 4 is 6.01 Å². The van der Waals surface area contributed by atoms with Crippen molar-refractivity contribution in [2.45, 2.75) is 26.0 Å². The third-order valence-electron chi connectivity index (χ3n) is 1.64. The fourth-order valence-corrected chi connectivity index (χ4v) is 0.745. The number of anilines is 1. The first-order valence-corrected chi connectivity index (χ1v) is 4.07. The van der Waals surface area contributed by atoms with E-state index in [1.165, 1.54) is 0 Å². The Morgan fingerprint density at radius 1 is 1.69 bits per heavy atom. The molecule has 74 valence electrons. The van der Waals surface area contributed by atoms with Gasteiger partial charge in [0.05, 0.1) is 6.10 Å².